The van der Waals surface area contributed by atoms with Crippen molar-refractivity contribution in [3.63, 3.8) is 0 Å². The van der Waals surface area contributed by atoms with Crippen molar-refractivity contribution in [2.75, 3.05) is 25.5 Å². The normalized spacial score (nSPS) is 10.4. The molecule has 1 aromatic carbocycles. The van der Waals surface area contributed by atoms with Crippen molar-refractivity contribution in [2.45, 2.75) is 13.8 Å². The molecular weight excluding hydrogens is 296 g/mol. The summed E-state index contributed by atoms with van der Waals surface area (Å²) < 4.78 is 5.18. The predicted molar refractivity (Wildman–Crippen MR) is 86.7 cm³/mol. The van der Waals surface area contributed by atoms with Crippen LogP contribution in [0.25, 0.3) is 0 Å². The van der Waals surface area contributed by atoms with Gasteiger partial charge in [0.25, 0.3) is 5.91 Å². The van der Waals surface area contributed by atoms with Crippen molar-refractivity contribution in [1.29, 1.82) is 5.26 Å². The van der Waals surface area contributed by atoms with Gasteiger partial charge in [0.1, 0.15) is 17.4 Å². The van der Waals surface area contributed by atoms with Gasteiger partial charge in [-0.05, 0) is 24.6 Å². The van der Waals surface area contributed by atoms with Gasteiger partial charge in [0, 0.05) is 26.2 Å². The smallest absolute Gasteiger partial charge is 0.267 e. The number of ether oxygens (including phenoxy) is 1. The minimum atomic E-state index is -0.538. The van der Waals surface area contributed by atoms with E-state index >= 15 is 0 Å². The van der Waals surface area contributed by atoms with Gasteiger partial charge in [-0.15, -0.1) is 0 Å². The first-order chi connectivity index (χ1) is 11.0. The van der Waals surface area contributed by atoms with Crippen LogP contribution in [0.15, 0.2) is 30.0 Å². The number of nitrogens with zero attached hydrogens (tertiary/aromatic N) is 1. The average molecular weight is 316 g/mol. The molecule has 3 N–H and O–H groups in total. The molecule has 0 aliphatic heterocycles. The van der Waals surface area contributed by atoms with E-state index in [1.807, 2.05) is 19.1 Å². The number of methoxy groups -OCH3 is 1. The Morgan fingerprint density at radius 1 is 1.35 bits per heavy atom. The number of carbonyl (C=O) groups is 2. The fourth-order valence-corrected chi connectivity index (χ4v) is 1.74. The zero-order valence-corrected chi connectivity index (χ0v) is 13.4. The first-order valence-electron chi connectivity index (χ1n) is 7.02. The van der Waals surface area contributed by atoms with Gasteiger partial charge in [0.2, 0.25) is 5.91 Å². The lowest BCUT2D eigenvalue weighted by Crippen LogP contribution is -2.28. The molecule has 0 spiro atoms. The minimum Gasteiger partial charge on any atom is -0.495 e. The number of benzene rings is 1. The van der Waals surface area contributed by atoms with E-state index in [2.05, 4.69) is 16.0 Å². The zero-order chi connectivity index (χ0) is 17.2. The maximum atomic E-state index is 12.1. The van der Waals surface area contributed by atoms with Crippen LogP contribution in [0.1, 0.15) is 12.5 Å². The summed E-state index contributed by atoms with van der Waals surface area (Å²) >= 11 is 0. The van der Waals surface area contributed by atoms with E-state index in [-0.39, 0.29) is 11.5 Å². The van der Waals surface area contributed by atoms with E-state index in [4.69, 9.17) is 10.00 Å². The number of aryl methyl sites for hydroxylation is 1. The summed E-state index contributed by atoms with van der Waals surface area (Å²) in [4.78, 5) is 22.8. The van der Waals surface area contributed by atoms with E-state index in [0.717, 1.165) is 5.56 Å². The number of hydrogen-bond donors (Lipinski definition) is 3. The van der Waals surface area contributed by atoms with Gasteiger partial charge in [-0.3, -0.25) is 9.59 Å². The maximum absolute atomic E-state index is 12.1. The molecule has 122 valence electrons. The monoisotopic (exact) mass is 316 g/mol. The number of anilines is 1. The van der Waals surface area contributed by atoms with Crippen molar-refractivity contribution in [3.8, 4) is 11.8 Å². The molecule has 0 saturated carbocycles. The molecule has 23 heavy (non-hydrogen) atoms. The number of nitrogens with one attached hydrogen (secondary N) is 3. The van der Waals surface area contributed by atoms with Crippen LogP contribution in [0.5, 0.6) is 5.75 Å². The molecule has 0 aliphatic rings. The van der Waals surface area contributed by atoms with E-state index in [1.54, 1.807) is 12.1 Å². The lowest BCUT2D eigenvalue weighted by atomic mass is 10.2. The van der Waals surface area contributed by atoms with Crippen LogP contribution in [0, 0.1) is 18.3 Å². The summed E-state index contributed by atoms with van der Waals surface area (Å²) in [6.07, 6.45) is 1.32. The molecule has 0 atom stereocenters. The fraction of sp³-hybridized carbons (Fsp3) is 0.312. The van der Waals surface area contributed by atoms with Gasteiger partial charge in [-0.25, -0.2) is 0 Å². The summed E-state index contributed by atoms with van der Waals surface area (Å²) in [6, 6.07) is 7.19. The Bertz CT molecular complexity index is 647. The van der Waals surface area contributed by atoms with Gasteiger partial charge in [0.05, 0.1) is 12.8 Å². The molecule has 0 aliphatic carbocycles. The molecule has 7 nitrogen and oxygen atoms in total. The Balaban J connectivity index is 2.69. The Hall–Kier alpha value is -3.01. The van der Waals surface area contributed by atoms with Gasteiger partial charge >= 0.3 is 0 Å². The Morgan fingerprint density at radius 3 is 2.70 bits per heavy atom. The highest BCUT2D eigenvalue weighted by atomic mass is 16.5. The lowest BCUT2D eigenvalue weighted by Gasteiger charge is -2.10. The number of hydrogen-bond acceptors (Lipinski definition) is 5. The van der Waals surface area contributed by atoms with Crippen LogP contribution in [0.2, 0.25) is 0 Å². The standard InChI is InChI=1S/C16H20N4O3/c1-11-4-5-15(23-3)14(8-11)20-16(22)13(9-17)10-18-6-7-19-12(2)21/h4-5,8,10,18H,6-7H2,1-3H3,(H,19,21)(H,20,22)/b13-10-. The van der Waals surface area contributed by atoms with Crippen LogP contribution < -0.4 is 20.7 Å². The molecule has 0 radical (unpaired) electrons. The molecule has 0 heterocycles. The number of amides is 2. The Morgan fingerprint density at radius 2 is 2.09 bits per heavy atom. The lowest BCUT2D eigenvalue weighted by molar-refractivity contribution is -0.119. The van der Waals surface area contributed by atoms with Crippen molar-refractivity contribution >= 4 is 17.5 Å². The van der Waals surface area contributed by atoms with Gasteiger partial charge in [-0.2, -0.15) is 5.26 Å². The Kier molecular flexibility index (Phi) is 7.14. The largest absolute Gasteiger partial charge is 0.495 e. The number of rotatable bonds is 7. The van der Waals surface area contributed by atoms with E-state index in [9.17, 15) is 9.59 Å². The van der Waals surface area contributed by atoms with Crippen LogP contribution in [0.3, 0.4) is 0 Å². The van der Waals surface area contributed by atoms with Crippen molar-refractivity contribution < 1.29 is 14.3 Å². The first-order valence-corrected chi connectivity index (χ1v) is 7.02. The molecular formula is C16H20N4O3. The molecule has 0 unspecified atom stereocenters. The molecule has 1 rings (SSSR count). The third-order valence-electron chi connectivity index (χ3n) is 2.86. The number of carbonyl (C=O) groups excluding carboxylic acids is 2. The van der Waals surface area contributed by atoms with Gasteiger partial charge in [0.15, 0.2) is 0 Å². The average Bonchev–Trinajstić information content (AvgIpc) is 2.50. The van der Waals surface area contributed by atoms with Gasteiger partial charge in [-0.1, -0.05) is 6.07 Å². The second-order valence-electron chi connectivity index (χ2n) is 4.76. The molecule has 0 aromatic heterocycles. The summed E-state index contributed by atoms with van der Waals surface area (Å²) in [5.41, 5.74) is 1.38. The molecule has 0 saturated heterocycles. The van der Waals surface area contributed by atoms with Crippen LogP contribution in [-0.4, -0.2) is 32.0 Å². The van der Waals surface area contributed by atoms with Crippen molar-refractivity contribution in [2.24, 2.45) is 0 Å². The topological polar surface area (TPSA) is 103 Å². The van der Waals surface area contributed by atoms with Crippen molar-refractivity contribution in [3.05, 3.63) is 35.5 Å². The third-order valence-corrected chi connectivity index (χ3v) is 2.86. The second-order valence-corrected chi connectivity index (χ2v) is 4.76. The highest BCUT2D eigenvalue weighted by Gasteiger charge is 2.12. The molecule has 0 fully saturated rings. The summed E-state index contributed by atoms with van der Waals surface area (Å²) in [7, 11) is 1.50. The fourth-order valence-electron chi connectivity index (χ4n) is 1.74. The number of nitriles is 1. The highest BCUT2D eigenvalue weighted by Crippen LogP contribution is 2.25. The van der Waals surface area contributed by atoms with E-state index in [1.165, 1.54) is 20.2 Å². The van der Waals surface area contributed by atoms with E-state index in [0.29, 0.717) is 24.5 Å². The zero-order valence-electron chi connectivity index (χ0n) is 13.4. The van der Waals surface area contributed by atoms with Crippen molar-refractivity contribution in [1.82, 2.24) is 10.6 Å². The van der Waals surface area contributed by atoms with Gasteiger partial charge < -0.3 is 20.7 Å². The highest BCUT2D eigenvalue weighted by molar-refractivity contribution is 6.07. The predicted octanol–water partition coefficient (Wildman–Crippen LogP) is 1.08. The molecule has 7 heteroatoms. The first kappa shape index (κ1) is 18.0. The second kappa shape index (κ2) is 9.10. The third kappa shape index (κ3) is 6.09. The summed E-state index contributed by atoms with van der Waals surface area (Å²) in [5, 5.41) is 17.1. The molecule has 0 bridgehead atoms. The van der Waals surface area contributed by atoms with Crippen LogP contribution in [0.4, 0.5) is 5.69 Å². The Labute approximate surface area is 135 Å². The summed E-state index contributed by atoms with van der Waals surface area (Å²) in [5.74, 6) is -0.163. The van der Waals surface area contributed by atoms with Crippen LogP contribution in [-0.2, 0) is 9.59 Å². The quantitative estimate of drug-likeness (QED) is 0.397. The van der Waals surface area contributed by atoms with Crippen LogP contribution >= 0.6 is 0 Å². The SMILES string of the molecule is COc1ccc(C)cc1NC(=O)/C(C#N)=C\NCCNC(C)=O. The summed E-state index contributed by atoms with van der Waals surface area (Å²) in [6.45, 7) is 4.11. The minimum absolute atomic E-state index is 0.0728. The maximum Gasteiger partial charge on any atom is 0.267 e. The molecule has 2 amide bonds. The molecule has 1 aromatic rings. The van der Waals surface area contributed by atoms with E-state index < -0.39 is 5.91 Å².